The van der Waals surface area contributed by atoms with Crippen LogP contribution in [0.25, 0.3) is 0 Å². The Labute approximate surface area is 113 Å². The van der Waals surface area contributed by atoms with Crippen molar-refractivity contribution >= 4 is 0 Å². The fraction of sp³-hybridized carbons (Fsp3) is 0.357. The van der Waals surface area contributed by atoms with Crippen molar-refractivity contribution in [2.45, 2.75) is 13.2 Å². The fourth-order valence-electron chi connectivity index (χ4n) is 1.85. The first-order valence-electron chi connectivity index (χ1n) is 6.14. The third kappa shape index (κ3) is 3.48. The second-order valence-electron chi connectivity index (χ2n) is 4.33. The predicted octanol–water partition coefficient (Wildman–Crippen LogP) is 1.73. The molecule has 0 saturated carbocycles. The van der Waals surface area contributed by atoms with Crippen LogP contribution < -0.4 is 14.8 Å². The summed E-state index contributed by atoms with van der Waals surface area (Å²) in [6, 6.07) is 5.94. The van der Waals surface area contributed by atoms with Gasteiger partial charge in [0.05, 0.1) is 13.3 Å². The van der Waals surface area contributed by atoms with Gasteiger partial charge in [0.1, 0.15) is 6.61 Å². The largest absolute Gasteiger partial charge is 0.493 e. The molecule has 1 aromatic carbocycles. The number of hydrogen-bond donors (Lipinski definition) is 1. The maximum atomic E-state index is 5.76. The van der Waals surface area contributed by atoms with Crippen molar-refractivity contribution < 1.29 is 9.47 Å². The van der Waals surface area contributed by atoms with Crippen LogP contribution in [0.15, 0.2) is 30.6 Å². The molecule has 1 aromatic heterocycles. The molecule has 0 aliphatic rings. The molecular formula is C14H19N3O2. The maximum absolute atomic E-state index is 5.76. The zero-order valence-electron chi connectivity index (χ0n) is 11.5. The summed E-state index contributed by atoms with van der Waals surface area (Å²) in [5, 5.41) is 7.22. The molecule has 102 valence electrons. The van der Waals surface area contributed by atoms with E-state index in [9.17, 15) is 0 Å². The third-order valence-corrected chi connectivity index (χ3v) is 2.76. The summed E-state index contributed by atoms with van der Waals surface area (Å²) >= 11 is 0. The molecule has 0 spiro atoms. The predicted molar refractivity (Wildman–Crippen MR) is 73.3 cm³/mol. The number of nitrogens with zero attached hydrogens (tertiary/aromatic N) is 2. The van der Waals surface area contributed by atoms with E-state index in [1.807, 2.05) is 38.5 Å². The van der Waals surface area contributed by atoms with Crippen LogP contribution in [0.5, 0.6) is 11.5 Å². The molecule has 0 atom stereocenters. The van der Waals surface area contributed by atoms with Gasteiger partial charge in [-0.3, -0.25) is 4.68 Å². The number of ether oxygens (including phenoxy) is 2. The highest BCUT2D eigenvalue weighted by molar-refractivity contribution is 5.43. The number of hydrogen-bond acceptors (Lipinski definition) is 4. The van der Waals surface area contributed by atoms with Gasteiger partial charge < -0.3 is 14.8 Å². The van der Waals surface area contributed by atoms with Crippen molar-refractivity contribution in [3.05, 3.63) is 41.7 Å². The highest BCUT2D eigenvalue weighted by Crippen LogP contribution is 2.28. The van der Waals surface area contributed by atoms with Crippen LogP contribution in [0.2, 0.25) is 0 Å². The van der Waals surface area contributed by atoms with Crippen LogP contribution in [0.1, 0.15) is 11.1 Å². The topological polar surface area (TPSA) is 48.3 Å². The fourth-order valence-corrected chi connectivity index (χ4v) is 1.85. The van der Waals surface area contributed by atoms with Gasteiger partial charge in [0.25, 0.3) is 0 Å². The van der Waals surface area contributed by atoms with Gasteiger partial charge in [0.15, 0.2) is 11.5 Å². The molecule has 0 radical (unpaired) electrons. The third-order valence-electron chi connectivity index (χ3n) is 2.76. The Balaban J connectivity index is 2.06. The first-order valence-corrected chi connectivity index (χ1v) is 6.14. The first kappa shape index (κ1) is 13.4. The van der Waals surface area contributed by atoms with Crippen molar-refractivity contribution in [1.82, 2.24) is 15.1 Å². The summed E-state index contributed by atoms with van der Waals surface area (Å²) in [6.45, 7) is 1.29. The Morgan fingerprint density at radius 1 is 1.26 bits per heavy atom. The normalized spacial score (nSPS) is 10.5. The van der Waals surface area contributed by atoms with Crippen molar-refractivity contribution in [2.75, 3.05) is 14.2 Å². The highest BCUT2D eigenvalue weighted by atomic mass is 16.5. The van der Waals surface area contributed by atoms with Gasteiger partial charge in [0, 0.05) is 25.4 Å². The molecule has 2 rings (SSSR count). The summed E-state index contributed by atoms with van der Waals surface area (Å²) in [5.74, 6) is 1.49. The van der Waals surface area contributed by atoms with E-state index in [0.717, 1.165) is 29.2 Å². The van der Waals surface area contributed by atoms with Crippen LogP contribution in [0.4, 0.5) is 0 Å². The lowest BCUT2D eigenvalue weighted by Crippen LogP contribution is -2.05. The minimum atomic E-state index is 0.482. The summed E-state index contributed by atoms with van der Waals surface area (Å²) < 4.78 is 12.9. The molecule has 5 nitrogen and oxygen atoms in total. The number of aromatic nitrogens is 2. The van der Waals surface area contributed by atoms with Gasteiger partial charge in [-0.15, -0.1) is 0 Å². The van der Waals surface area contributed by atoms with Gasteiger partial charge in [-0.2, -0.15) is 5.10 Å². The van der Waals surface area contributed by atoms with Crippen molar-refractivity contribution in [2.24, 2.45) is 7.05 Å². The van der Waals surface area contributed by atoms with Crippen LogP contribution >= 0.6 is 0 Å². The minimum Gasteiger partial charge on any atom is -0.493 e. The molecule has 0 bridgehead atoms. The van der Waals surface area contributed by atoms with E-state index in [1.54, 1.807) is 18.0 Å². The Kier molecular flexibility index (Phi) is 4.41. The molecular weight excluding hydrogens is 242 g/mol. The number of benzene rings is 1. The highest BCUT2D eigenvalue weighted by Gasteiger charge is 2.06. The minimum absolute atomic E-state index is 0.482. The smallest absolute Gasteiger partial charge is 0.161 e. The Hall–Kier alpha value is -2.01. The van der Waals surface area contributed by atoms with E-state index in [-0.39, 0.29) is 0 Å². The number of rotatable bonds is 6. The average Bonchev–Trinajstić information content (AvgIpc) is 2.83. The zero-order valence-corrected chi connectivity index (χ0v) is 11.5. The summed E-state index contributed by atoms with van der Waals surface area (Å²) in [4.78, 5) is 0. The van der Waals surface area contributed by atoms with Gasteiger partial charge in [-0.1, -0.05) is 6.07 Å². The molecule has 0 aliphatic heterocycles. The second kappa shape index (κ2) is 6.24. The Morgan fingerprint density at radius 3 is 2.74 bits per heavy atom. The molecule has 5 heteroatoms. The lowest BCUT2D eigenvalue weighted by Gasteiger charge is -2.11. The van der Waals surface area contributed by atoms with E-state index < -0.39 is 0 Å². The molecule has 0 aliphatic carbocycles. The molecule has 1 heterocycles. The van der Waals surface area contributed by atoms with Crippen molar-refractivity contribution in [3.63, 3.8) is 0 Å². The number of aryl methyl sites for hydroxylation is 1. The van der Waals surface area contributed by atoms with Crippen LogP contribution in [0, 0.1) is 0 Å². The molecule has 0 fully saturated rings. The molecule has 0 amide bonds. The van der Waals surface area contributed by atoms with Crippen LogP contribution in [0.3, 0.4) is 0 Å². The Bertz CT molecular complexity index is 537. The molecule has 1 N–H and O–H groups in total. The van der Waals surface area contributed by atoms with Gasteiger partial charge in [-0.25, -0.2) is 0 Å². The van der Waals surface area contributed by atoms with E-state index in [4.69, 9.17) is 9.47 Å². The summed E-state index contributed by atoms with van der Waals surface area (Å²) in [6.07, 6.45) is 3.73. The number of methoxy groups -OCH3 is 1. The average molecular weight is 261 g/mol. The van der Waals surface area contributed by atoms with E-state index in [0.29, 0.717) is 6.61 Å². The zero-order chi connectivity index (χ0) is 13.7. The molecule has 0 unspecified atom stereocenters. The first-order chi connectivity index (χ1) is 9.22. The van der Waals surface area contributed by atoms with Crippen molar-refractivity contribution in [1.29, 1.82) is 0 Å². The van der Waals surface area contributed by atoms with Gasteiger partial charge in [0.2, 0.25) is 0 Å². The lowest BCUT2D eigenvalue weighted by molar-refractivity contribution is 0.284. The van der Waals surface area contributed by atoms with Crippen LogP contribution in [-0.2, 0) is 20.2 Å². The molecule has 2 aromatic rings. The van der Waals surface area contributed by atoms with Gasteiger partial charge >= 0.3 is 0 Å². The SMILES string of the molecule is CNCc1ccc(OCc2cnn(C)c2)c(OC)c1. The summed E-state index contributed by atoms with van der Waals surface area (Å²) in [7, 11) is 5.45. The molecule has 19 heavy (non-hydrogen) atoms. The summed E-state index contributed by atoms with van der Waals surface area (Å²) in [5.41, 5.74) is 2.19. The van der Waals surface area contributed by atoms with E-state index in [1.165, 1.54) is 0 Å². The number of nitrogens with one attached hydrogen (secondary N) is 1. The quantitative estimate of drug-likeness (QED) is 0.860. The lowest BCUT2D eigenvalue weighted by atomic mass is 10.2. The van der Waals surface area contributed by atoms with Crippen molar-refractivity contribution in [3.8, 4) is 11.5 Å². The standard InChI is InChI=1S/C14H19N3O2/c1-15-7-11-4-5-13(14(6-11)18-3)19-10-12-8-16-17(2)9-12/h4-6,8-9,15H,7,10H2,1-3H3. The van der Waals surface area contributed by atoms with E-state index in [2.05, 4.69) is 10.4 Å². The maximum Gasteiger partial charge on any atom is 0.161 e. The second-order valence-corrected chi connectivity index (χ2v) is 4.33. The van der Waals surface area contributed by atoms with E-state index >= 15 is 0 Å². The Morgan fingerprint density at radius 2 is 2.11 bits per heavy atom. The monoisotopic (exact) mass is 261 g/mol. The molecule has 0 saturated heterocycles. The van der Waals surface area contributed by atoms with Crippen LogP contribution in [-0.4, -0.2) is 23.9 Å². The van der Waals surface area contributed by atoms with Gasteiger partial charge in [-0.05, 0) is 24.7 Å².